The highest BCUT2D eigenvalue weighted by Crippen LogP contribution is 2.38. The zero-order chi connectivity index (χ0) is 46.3. The predicted octanol–water partition coefficient (Wildman–Crippen LogP) is 9.46. The molecule has 5 aromatic carbocycles. The van der Waals surface area contributed by atoms with Crippen molar-refractivity contribution in [1.29, 1.82) is 0 Å². The molecule has 338 valence electrons. The van der Waals surface area contributed by atoms with Crippen molar-refractivity contribution in [3.05, 3.63) is 113 Å². The van der Waals surface area contributed by atoms with E-state index in [-0.39, 0.29) is 62.5 Å². The van der Waals surface area contributed by atoms with E-state index in [1.165, 1.54) is 114 Å². The van der Waals surface area contributed by atoms with Gasteiger partial charge in [-0.1, -0.05) is 27.7 Å². The summed E-state index contributed by atoms with van der Waals surface area (Å²) in [4.78, 5) is 52.6. The van der Waals surface area contributed by atoms with Gasteiger partial charge in [0.15, 0.2) is 34.5 Å². The second kappa shape index (κ2) is 22.6. The number of rotatable bonds is 21. The molecule has 0 aliphatic carbocycles. The molecule has 0 atom stereocenters. The molecule has 0 radical (unpaired) electrons. The number of methoxy groups -OCH3 is 5. The van der Waals surface area contributed by atoms with E-state index >= 15 is 0 Å². The highest BCUT2D eigenvalue weighted by molar-refractivity contribution is 5.96. The Kier molecular flexibility index (Phi) is 16.8. The molecule has 0 aliphatic rings. The van der Waals surface area contributed by atoms with E-state index in [2.05, 4.69) is 27.7 Å². The van der Waals surface area contributed by atoms with Gasteiger partial charge < -0.3 is 52.1 Å². The number of carbonyl (C=O) groups is 4. The van der Waals surface area contributed by atoms with Crippen LogP contribution in [0.25, 0.3) is 0 Å². The van der Waals surface area contributed by atoms with Gasteiger partial charge in [-0.05, 0) is 85.3 Å². The van der Waals surface area contributed by atoms with Crippen molar-refractivity contribution in [3.63, 3.8) is 0 Å². The smallest absolute Gasteiger partial charge is 0.347 e. The maximum Gasteiger partial charge on any atom is 0.347 e. The van der Waals surface area contributed by atoms with Crippen molar-refractivity contribution in [3.8, 4) is 63.2 Å². The average molecular weight is 881 g/mol. The van der Waals surface area contributed by atoms with Gasteiger partial charge in [0.2, 0.25) is 0 Å². The summed E-state index contributed by atoms with van der Waals surface area (Å²) >= 11 is 0. The van der Waals surface area contributed by atoms with Gasteiger partial charge >= 0.3 is 23.9 Å². The van der Waals surface area contributed by atoms with Crippen LogP contribution >= 0.6 is 0 Å². The second-order valence-corrected chi connectivity index (χ2v) is 14.9. The van der Waals surface area contributed by atoms with Crippen LogP contribution in [0, 0.1) is 11.8 Å². The maximum atomic E-state index is 13.2. The van der Waals surface area contributed by atoms with Crippen LogP contribution < -0.4 is 52.1 Å². The number of ether oxygens (including phenoxy) is 11. The van der Waals surface area contributed by atoms with Gasteiger partial charge in [-0.3, -0.25) is 0 Å². The quantitative estimate of drug-likeness (QED) is 0.0504. The van der Waals surface area contributed by atoms with Crippen LogP contribution in [0.15, 0.2) is 91.0 Å². The first-order valence-corrected chi connectivity index (χ1v) is 20.3. The molecule has 0 N–H and O–H groups in total. The Bertz CT molecular complexity index is 2400. The van der Waals surface area contributed by atoms with Gasteiger partial charge in [-0.2, -0.15) is 0 Å². The molecule has 64 heavy (non-hydrogen) atoms. The summed E-state index contributed by atoms with van der Waals surface area (Å²) in [5.74, 6) is 0.608. The maximum absolute atomic E-state index is 13.2. The van der Waals surface area contributed by atoms with Crippen molar-refractivity contribution < 1.29 is 71.3 Å². The van der Waals surface area contributed by atoms with Crippen molar-refractivity contribution in [2.24, 2.45) is 11.8 Å². The largest absolute Gasteiger partial charge is 0.496 e. The average Bonchev–Trinajstić information content (AvgIpc) is 3.29. The SMILES string of the molecule is COc1cc(C(=O)Oc2ccc(C(=O)Oc3ccc(OC(=O)c4ccc(OC(=O)c5cc(OC)c(OCCC(C)C)cc5OC)cc4)c(OC)c3)cc2)c(OC)cc1OCCC(C)C. The summed E-state index contributed by atoms with van der Waals surface area (Å²) in [5.41, 5.74) is 0.529. The Hall–Kier alpha value is -7.42. The van der Waals surface area contributed by atoms with Crippen LogP contribution in [-0.4, -0.2) is 72.6 Å². The molecular weight excluding hydrogens is 829 g/mol. The van der Waals surface area contributed by atoms with Crippen LogP contribution in [0.4, 0.5) is 0 Å². The Morgan fingerprint density at radius 2 is 0.734 bits per heavy atom. The zero-order valence-corrected chi connectivity index (χ0v) is 37.3. The zero-order valence-electron chi connectivity index (χ0n) is 37.3. The summed E-state index contributed by atoms with van der Waals surface area (Å²) in [7, 11) is 7.16. The van der Waals surface area contributed by atoms with Crippen LogP contribution in [0.5, 0.6) is 63.2 Å². The third kappa shape index (κ3) is 12.6. The molecule has 5 aromatic rings. The van der Waals surface area contributed by atoms with Gasteiger partial charge in [0.1, 0.15) is 39.9 Å². The summed E-state index contributed by atoms with van der Waals surface area (Å²) in [5, 5.41) is 0. The van der Waals surface area contributed by atoms with Gasteiger partial charge in [0.05, 0.1) is 59.9 Å². The van der Waals surface area contributed by atoms with Crippen molar-refractivity contribution in [2.45, 2.75) is 40.5 Å². The molecule has 0 amide bonds. The molecule has 0 bridgehead atoms. The topological polar surface area (TPSA) is 170 Å². The monoisotopic (exact) mass is 880 g/mol. The lowest BCUT2D eigenvalue weighted by Gasteiger charge is -2.16. The van der Waals surface area contributed by atoms with Crippen molar-refractivity contribution >= 4 is 23.9 Å². The molecular formula is C49H52O15. The molecule has 15 nitrogen and oxygen atoms in total. The molecule has 15 heteroatoms. The highest BCUT2D eigenvalue weighted by Gasteiger charge is 2.23. The fourth-order valence-electron chi connectivity index (χ4n) is 5.86. The molecule has 0 aliphatic heterocycles. The van der Waals surface area contributed by atoms with Crippen molar-refractivity contribution in [2.75, 3.05) is 48.8 Å². The Labute approximate surface area is 371 Å². The molecule has 0 saturated carbocycles. The lowest BCUT2D eigenvalue weighted by molar-refractivity contribution is 0.0712. The molecule has 0 saturated heterocycles. The summed E-state index contributed by atoms with van der Waals surface area (Å²) in [6.45, 7) is 9.29. The van der Waals surface area contributed by atoms with E-state index in [9.17, 15) is 19.2 Å². The van der Waals surface area contributed by atoms with Crippen LogP contribution in [0.2, 0.25) is 0 Å². The summed E-state index contributed by atoms with van der Waals surface area (Å²) in [6.07, 6.45) is 1.67. The van der Waals surface area contributed by atoms with E-state index in [1.807, 2.05) is 0 Å². The first kappa shape index (κ1) is 47.6. The summed E-state index contributed by atoms with van der Waals surface area (Å²) < 4.78 is 61.2. The standard InChI is InChI=1S/C49H52O15/c1-29(2)20-22-59-44-27-39(54-5)36(25-42(44)57-8)48(52)61-33-14-10-31(11-15-33)46(50)63-35-18-19-38(41(24-35)56-7)64-47(51)32-12-16-34(17-13-32)62-49(53)37-26-43(58-9)45(28-40(37)55-6)60-23-21-30(3)4/h10-19,24-30H,20-23H2,1-9H3. The number of carbonyl (C=O) groups excluding carboxylic acids is 4. The number of esters is 4. The molecule has 0 unspecified atom stereocenters. The van der Waals surface area contributed by atoms with Gasteiger partial charge in [0.25, 0.3) is 0 Å². The first-order valence-electron chi connectivity index (χ1n) is 20.3. The normalized spacial score (nSPS) is 10.7. The first-order chi connectivity index (χ1) is 30.8. The lowest BCUT2D eigenvalue weighted by Crippen LogP contribution is -2.13. The third-order valence-corrected chi connectivity index (χ3v) is 9.47. The number of hydrogen-bond acceptors (Lipinski definition) is 15. The van der Waals surface area contributed by atoms with E-state index in [0.717, 1.165) is 12.8 Å². The fraction of sp³-hybridized carbons (Fsp3) is 0.306. The summed E-state index contributed by atoms with van der Waals surface area (Å²) in [6, 6.07) is 21.8. The minimum absolute atomic E-state index is 0.0502. The van der Waals surface area contributed by atoms with Crippen LogP contribution in [0.1, 0.15) is 82.0 Å². The minimum atomic E-state index is -0.734. The van der Waals surface area contributed by atoms with Gasteiger partial charge in [-0.25, -0.2) is 19.2 Å². The van der Waals surface area contributed by atoms with Crippen molar-refractivity contribution in [1.82, 2.24) is 0 Å². The van der Waals surface area contributed by atoms with Crippen LogP contribution in [0.3, 0.4) is 0 Å². The van der Waals surface area contributed by atoms with E-state index in [0.29, 0.717) is 48.0 Å². The van der Waals surface area contributed by atoms with E-state index in [4.69, 9.17) is 52.1 Å². The number of benzene rings is 5. The molecule has 0 fully saturated rings. The van der Waals surface area contributed by atoms with Gasteiger partial charge in [0, 0.05) is 30.3 Å². The minimum Gasteiger partial charge on any atom is -0.496 e. The fourth-order valence-corrected chi connectivity index (χ4v) is 5.86. The molecule has 5 rings (SSSR count). The predicted molar refractivity (Wildman–Crippen MR) is 235 cm³/mol. The Balaban J connectivity index is 1.18. The number of hydrogen-bond donors (Lipinski definition) is 0. The third-order valence-electron chi connectivity index (χ3n) is 9.47. The molecule has 0 spiro atoms. The van der Waals surface area contributed by atoms with E-state index in [1.54, 1.807) is 12.1 Å². The second-order valence-electron chi connectivity index (χ2n) is 14.9. The van der Waals surface area contributed by atoms with E-state index < -0.39 is 23.9 Å². The van der Waals surface area contributed by atoms with Crippen LogP contribution in [-0.2, 0) is 0 Å². The van der Waals surface area contributed by atoms with Gasteiger partial charge in [-0.15, -0.1) is 0 Å². The Morgan fingerprint density at radius 1 is 0.375 bits per heavy atom. The Morgan fingerprint density at radius 3 is 1.12 bits per heavy atom. The highest BCUT2D eigenvalue weighted by atomic mass is 16.6. The lowest BCUT2D eigenvalue weighted by atomic mass is 10.1. The molecule has 0 heterocycles. The molecule has 0 aromatic heterocycles.